The summed E-state index contributed by atoms with van der Waals surface area (Å²) in [4.78, 5) is 17.9. The van der Waals surface area contributed by atoms with Crippen LogP contribution >= 0.6 is 0 Å². The molecule has 122 valence electrons. The van der Waals surface area contributed by atoms with Gasteiger partial charge in [-0.15, -0.1) is 0 Å². The molecule has 0 bridgehead atoms. The number of nitrogens with zero attached hydrogens (tertiary/aromatic N) is 2. The van der Waals surface area contributed by atoms with Gasteiger partial charge in [0, 0.05) is 5.69 Å². The lowest BCUT2D eigenvalue weighted by molar-refractivity contribution is 0.974. The Bertz CT molecular complexity index is 1090. The number of nitrogens with one attached hydrogen (secondary N) is 1. The van der Waals surface area contributed by atoms with Gasteiger partial charge in [-0.1, -0.05) is 48.0 Å². The summed E-state index contributed by atoms with van der Waals surface area (Å²) in [5, 5.41) is 3.88. The first-order valence-electron chi connectivity index (χ1n) is 8.13. The third-order valence-corrected chi connectivity index (χ3v) is 4.07. The van der Waals surface area contributed by atoms with Gasteiger partial charge < -0.3 is 5.32 Å². The van der Waals surface area contributed by atoms with Gasteiger partial charge in [0.05, 0.1) is 16.6 Å². The van der Waals surface area contributed by atoms with Crippen LogP contribution in [-0.2, 0) is 0 Å². The molecule has 3 aromatic carbocycles. The number of hydrogen-bond acceptors (Lipinski definition) is 3. The molecule has 0 saturated carbocycles. The van der Waals surface area contributed by atoms with Crippen molar-refractivity contribution in [3.05, 3.63) is 94.8 Å². The van der Waals surface area contributed by atoms with Gasteiger partial charge in [0.25, 0.3) is 5.56 Å². The predicted octanol–water partition coefficient (Wildman–Crippen LogP) is 4.44. The molecule has 0 radical (unpaired) electrons. The van der Waals surface area contributed by atoms with Crippen molar-refractivity contribution in [1.29, 1.82) is 0 Å². The van der Waals surface area contributed by atoms with Gasteiger partial charge in [-0.2, -0.15) is 0 Å². The molecule has 0 aliphatic carbocycles. The molecule has 0 spiro atoms. The Labute approximate surface area is 145 Å². The third kappa shape index (κ3) is 2.90. The molecule has 0 saturated heterocycles. The fourth-order valence-corrected chi connectivity index (χ4v) is 2.85. The highest BCUT2D eigenvalue weighted by atomic mass is 16.1. The van der Waals surface area contributed by atoms with Gasteiger partial charge in [0.2, 0.25) is 5.95 Å². The molecule has 0 amide bonds. The normalized spacial score (nSPS) is 10.8. The topological polar surface area (TPSA) is 46.9 Å². The maximum Gasteiger partial charge on any atom is 0.267 e. The van der Waals surface area contributed by atoms with Crippen LogP contribution in [0.15, 0.2) is 83.7 Å². The smallest absolute Gasteiger partial charge is 0.267 e. The Balaban J connectivity index is 1.99. The van der Waals surface area contributed by atoms with Crippen LogP contribution in [0.25, 0.3) is 16.6 Å². The monoisotopic (exact) mass is 327 g/mol. The zero-order valence-corrected chi connectivity index (χ0v) is 13.8. The van der Waals surface area contributed by atoms with E-state index < -0.39 is 0 Å². The number of fused-ring (bicyclic) bond motifs is 1. The van der Waals surface area contributed by atoms with Gasteiger partial charge in [-0.3, -0.25) is 4.79 Å². The molecule has 25 heavy (non-hydrogen) atoms. The van der Waals surface area contributed by atoms with Crippen LogP contribution < -0.4 is 10.9 Å². The lowest BCUT2D eigenvalue weighted by Gasteiger charge is -2.15. The van der Waals surface area contributed by atoms with E-state index in [1.165, 1.54) is 0 Å². The first-order valence-corrected chi connectivity index (χ1v) is 8.13. The van der Waals surface area contributed by atoms with Gasteiger partial charge in [0.1, 0.15) is 0 Å². The number of hydrogen-bond donors (Lipinski definition) is 1. The van der Waals surface area contributed by atoms with Gasteiger partial charge in [-0.25, -0.2) is 9.55 Å². The molecule has 1 heterocycles. The SMILES string of the molecule is Cc1ccc2nc(Nc3ccccc3)n(-c3ccccc3)c(=O)c2c1. The van der Waals surface area contributed by atoms with Crippen LogP contribution in [0.1, 0.15) is 5.56 Å². The van der Waals surface area contributed by atoms with Crippen LogP contribution in [0, 0.1) is 6.92 Å². The maximum atomic E-state index is 13.2. The number of benzene rings is 3. The number of rotatable bonds is 3. The molecule has 0 aliphatic rings. The van der Waals surface area contributed by atoms with E-state index in [0.29, 0.717) is 16.9 Å². The minimum atomic E-state index is -0.0849. The molecule has 4 heteroatoms. The predicted molar refractivity (Wildman–Crippen MR) is 102 cm³/mol. The fraction of sp³-hybridized carbons (Fsp3) is 0.0476. The van der Waals surface area contributed by atoms with E-state index in [1.807, 2.05) is 85.8 Å². The summed E-state index contributed by atoms with van der Waals surface area (Å²) in [6.07, 6.45) is 0. The molecule has 1 aromatic heterocycles. The third-order valence-electron chi connectivity index (χ3n) is 4.07. The average Bonchev–Trinajstić information content (AvgIpc) is 2.64. The molecule has 4 nitrogen and oxygen atoms in total. The molecule has 0 aliphatic heterocycles. The molecule has 1 N–H and O–H groups in total. The number of aryl methyl sites for hydroxylation is 1. The molecule has 4 rings (SSSR count). The van der Waals surface area contributed by atoms with Crippen molar-refractivity contribution in [3.8, 4) is 5.69 Å². The van der Waals surface area contributed by atoms with Crippen LogP contribution in [0.4, 0.5) is 11.6 Å². The summed E-state index contributed by atoms with van der Waals surface area (Å²) < 4.78 is 1.62. The van der Waals surface area contributed by atoms with E-state index >= 15 is 0 Å². The van der Waals surface area contributed by atoms with Crippen molar-refractivity contribution < 1.29 is 0 Å². The lowest BCUT2D eigenvalue weighted by atomic mass is 10.1. The minimum Gasteiger partial charge on any atom is -0.325 e. The molecule has 0 atom stereocenters. The Kier molecular flexibility index (Phi) is 3.78. The van der Waals surface area contributed by atoms with Crippen molar-refractivity contribution in [2.75, 3.05) is 5.32 Å². The van der Waals surface area contributed by atoms with E-state index in [2.05, 4.69) is 5.32 Å². The van der Waals surface area contributed by atoms with Gasteiger partial charge >= 0.3 is 0 Å². The first-order chi connectivity index (χ1) is 12.2. The molecular formula is C21H17N3O. The zero-order chi connectivity index (χ0) is 17.2. The second kappa shape index (κ2) is 6.24. The van der Waals surface area contributed by atoms with E-state index in [1.54, 1.807) is 4.57 Å². The summed E-state index contributed by atoms with van der Waals surface area (Å²) in [6.45, 7) is 1.97. The lowest BCUT2D eigenvalue weighted by Crippen LogP contribution is -2.22. The Morgan fingerprint density at radius 1 is 0.880 bits per heavy atom. The summed E-state index contributed by atoms with van der Waals surface area (Å²) in [7, 11) is 0. The molecule has 0 unspecified atom stereocenters. The van der Waals surface area contributed by atoms with Crippen molar-refractivity contribution in [3.63, 3.8) is 0 Å². The molecule has 4 aromatic rings. The van der Waals surface area contributed by atoms with Crippen LogP contribution in [0.2, 0.25) is 0 Å². The Morgan fingerprint density at radius 2 is 1.56 bits per heavy atom. The highest BCUT2D eigenvalue weighted by Gasteiger charge is 2.13. The largest absolute Gasteiger partial charge is 0.325 e. The van der Waals surface area contributed by atoms with Crippen LogP contribution in [0.3, 0.4) is 0 Å². The maximum absolute atomic E-state index is 13.2. The van der Waals surface area contributed by atoms with Crippen molar-refractivity contribution >= 4 is 22.5 Å². The fourth-order valence-electron chi connectivity index (χ4n) is 2.85. The van der Waals surface area contributed by atoms with Crippen molar-refractivity contribution in [1.82, 2.24) is 9.55 Å². The van der Waals surface area contributed by atoms with E-state index in [0.717, 1.165) is 16.9 Å². The van der Waals surface area contributed by atoms with E-state index in [9.17, 15) is 4.79 Å². The minimum absolute atomic E-state index is 0.0849. The molecule has 0 fully saturated rings. The van der Waals surface area contributed by atoms with Crippen molar-refractivity contribution in [2.24, 2.45) is 0 Å². The van der Waals surface area contributed by atoms with E-state index in [4.69, 9.17) is 4.98 Å². The summed E-state index contributed by atoms with van der Waals surface area (Å²) >= 11 is 0. The standard InChI is InChI=1S/C21H17N3O/c1-15-12-13-19-18(14-15)20(25)24(17-10-6-3-7-11-17)21(23-19)22-16-8-4-2-5-9-16/h2-14H,1H3,(H,22,23). The second-order valence-electron chi connectivity index (χ2n) is 5.92. The van der Waals surface area contributed by atoms with Gasteiger partial charge in [-0.05, 0) is 43.3 Å². The first kappa shape index (κ1) is 15.1. The van der Waals surface area contributed by atoms with Gasteiger partial charge in [0.15, 0.2) is 0 Å². The quantitative estimate of drug-likeness (QED) is 0.605. The van der Waals surface area contributed by atoms with Crippen LogP contribution in [-0.4, -0.2) is 9.55 Å². The Hall–Kier alpha value is -3.40. The highest BCUT2D eigenvalue weighted by molar-refractivity contribution is 5.80. The number of aromatic nitrogens is 2. The summed E-state index contributed by atoms with van der Waals surface area (Å²) in [5.74, 6) is 0.499. The number of anilines is 2. The second-order valence-corrected chi connectivity index (χ2v) is 5.92. The van der Waals surface area contributed by atoms with E-state index in [-0.39, 0.29) is 5.56 Å². The highest BCUT2D eigenvalue weighted by Crippen LogP contribution is 2.20. The van der Waals surface area contributed by atoms with Crippen molar-refractivity contribution in [2.45, 2.75) is 6.92 Å². The molecular weight excluding hydrogens is 310 g/mol. The average molecular weight is 327 g/mol. The van der Waals surface area contributed by atoms with Crippen LogP contribution in [0.5, 0.6) is 0 Å². The number of para-hydroxylation sites is 2. The summed E-state index contributed by atoms with van der Waals surface area (Å²) in [6, 6.07) is 25.0. The Morgan fingerprint density at radius 3 is 2.28 bits per heavy atom. The zero-order valence-electron chi connectivity index (χ0n) is 13.8. The summed E-state index contributed by atoms with van der Waals surface area (Å²) in [5.41, 5.74) is 3.29.